The molecule has 0 aromatic heterocycles. The Morgan fingerprint density at radius 1 is 1.15 bits per heavy atom. The summed E-state index contributed by atoms with van der Waals surface area (Å²) in [6.45, 7) is 5.52. The van der Waals surface area contributed by atoms with Gasteiger partial charge in [0.15, 0.2) is 0 Å². The van der Waals surface area contributed by atoms with Crippen LogP contribution in [0.1, 0.15) is 25.0 Å². The Hall–Kier alpha value is -1.74. The Kier molecular flexibility index (Phi) is 4.50. The van der Waals surface area contributed by atoms with Crippen molar-refractivity contribution < 1.29 is 9.53 Å². The highest BCUT2D eigenvalue weighted by molar-refractivity contribution is 7.80. The minimum Gasteiger partial charge on any atom is -0.426 e. The third-order valence-electron chi connectivity index (χ3n) is 3.30. The van der Waals surface area contributed by atoms with Crippen molar-refractivity contribution in [1.82, 2.24) is 0 Å². The summed E-state index contributed by atoms with van der Waals surface area (Å²) in [5, 5.41) is 0. The molecule has 2 rings (SSSR count). The maximum Gasteiger partial charge on any atom is 0.308 e. The first-order valence-electron chi connectivity index (χ1n) is 6.63. The van der Waals surface area contributed by atoms with E-state index in [2.05, 4.69) is 43.8 Å². The molecule has 0 saturated carbocycles. The van der Waals surface area contributed by atoms with E-state index < -0.39 is 0 Å². The number of aryl methyl sites for hydroxylation is 1. The first-order valence-corrected chi connectivity index (χ1v) is 7.08. The summed E-state index contributed by atoms with van der Waals surface area (Å²) >= 11 is 4.45. The third kappa shape index (κ3) is 3.05. The second-order valence-electron chi connectivity index (χ2n) is 4.73. The van der Waals surface area contributed by atoms with Gasteiger partial charge in [0, 0.05) is 17.4 Å². The van der Waals surface area contributed by atoms with Crippen molar-refractivity contribution in [3.8, 4) is 16.9 Å². The quantitative estimate of drug-likeness (QED) is 0.513. The van der Waals surface area contributed by atoms with Crippen LogP contribution in [0, 0.1) is 6.92 Å². The lowest BCUT2D eigenvalue weighted by Crippen LogP contribution is -2.03. The van der Waals surface area contributed by atoms with Crippen LogP contribution in [0.15, 0.2) is 41.3 Å². The van der Waals surface area contributed by atoms with E-state index in [4.69, 9.17) is 4.74 Å². The summed E-state index contributed by atoms with van der Waals surface area (Å²) in [7, 11) is 0. The summed E-state index contributed by atoms with van der Waals surface area (Å²) in [4.78, 5) is 12.1. The van der Waals surface area contributed by atoms with Crippen molar-refractivity contribution in [2.45, 2.75) is 32.1 Å². The van der Waals surface area contributed by atoms with E-state index in [0.717, 1.165) is 28.0 Å². The Labute approximate surface area is 125 Å². The van der Waals surface area contributed by atoms with Gasteiger partial charge < -0.3 is 4.74 Å². The fourth-order valence-electron chi connectivity index (χ4n) is 2.18. The number of ether oxygens (including phenoxy) is 1. The van der Waals surface area contributed by atoms with Gasteiger partial charge in [-0.25, -0.2) is 0 Å². The molecule has 0 spiro atoms. The van der Waals surface area contributed by atoms with Crippen molar-refractivity contribution >= 4 is 18.6 Å². The molecular formula is C17H18O2S. The van der Waals surface area contributed by atoms with E-state index in [9.17, 15) is 4.79 Å². The van der Waals surface area contributed by atoms with E-state index in [1.807, 2.05) is 13.0 Å². The molecule has 0 bridgehead atoms. The van der Waals surface area contributed by atoms with Crippen molar-refractivity contribution in [3.05, 3.63) is 47.5 Å². The molecule has 0 aliphatic rings. The van der Waals surface area contributed by atoms with Gasteiger partial charge in [-0.15, -0.1) is 12.6 Å². The Balaban J connectivity index is 2.57. The van der Waals surface area contributed by atoms with Gasteiger partial charge in [0.2, 0.25) is 0 Å². The molecule has 0 saturated heterocycles. The van der Waals surface area contributed by atoms with Crippen molar-refractivity contribution in [3.63, 3.8) is 0 Å². The van der Waals surface area contributed by atoms with E-state index in [0.29, 0.717) is 5.75 Å². The fourth-order valence-corrected chi connectivity index (χ4v) is 2.37. The van der Waals surface area contributed by atoms with Crippen molar-refractivity contribution in [1.29, 1.82) is 0 Å². The standard InChI is InChI=1S/C17H18O2S/c1-4-13-5-7-14(8-6-13)17-11(2)16(20)10-9-15(17)19-12(3)18/h5-10,20H,4H2,1-3H3. The maximum absolute atomic E-state index is 11.3. The maximum atomic E-state index is 11.3. The zero-order valence-electron chi connectivity index (χ0n) is 11.9. The Bertz CT molecular complexity index is 630. The molecule has 2 aromatic carbocycles. The fraction of sp³-hybridized carbons (Fsp3) is 0.235. The normalized spacial score (nSPS) is 10.4. The summed E-state index contributed by atoms with van der Waals surface area (Å²) in [5.74, 6) is 0.264. The van der Waals surface area contributed by atoms with Crippen LogP contribution in [0.25, 0.3) is 11.1 Å². The summed E-state index contributed by atoms with van der Waals surface area (Å²) in [6, 6.07) is 11.9. The molecular weight excluding hydrogens is 268 g/mol. The molecule has 0 fully saturated rings. The van der Waals surface area contributed by atoms with Gasteiger partial charge in [-0.05, 0) is 42.2 Å². The van der Waals surface area contributed by atoms with E-state index in [-0.39, 0.29) is 5.97 Å². The van der Waals surface area contributed by atoms with Crippen LogP contribution in [0.5, 0.6) is 5.75 Å². The molecule has 104 valence electrons. The molecule has 2 aromatic rings. The lowest BCUT2D eigenvalue weighted by atomic mass is 9.98. The highest BCUT2D eigenvalue weighted by Crippen LogP contribution is 2.36. The number of carbonyl (C=O) groups excluding carboxylic acids is 1. The van der Waals surface area contributed by atoms with Crippen LogP contribution >= 0.6 is 12.6 Å². The number of esters is 1. The number of thiol groups is 1. The minimum absolute atomic E-state index is 0.317. The molecule has 0 atom stereocenters. The SMILES string of the molecule is CCc1ccc(-c2c(OC(C)=O)ccc(S)c2C)cc1. The smallest absolute Gasteiger partial charge is 0.308 e. The van der Waals surface area contributed by atoms with Gasteiger partial charge in [0.1, 0.15) is 5.75 Å². The molecule has 3 heteroatoms. The number of carbonyl (C=O) groups is 1. The highest BCUT2D eigenvalue weighted by atomic mass is 32.1. The molecule has 2 nitrogen and oxygen atoms in total. The average Bonchev–Trinajstić information content (AvgIpc) is 2.43. The Morgan fingerprint density at radius 2 is 1.80 bits per heavy atom. The second-order valence-corrected chi connectivity index (χ2v) is 5.21. The predicted molar refractivity (Wildman–Crippen MR) is 84.6 cm³/mol. The van der Waals surface area contributed by atoms with Crippen molar-refractivity contribution in [2.24, 2.45) is 0 Å². The van der Waals surface area contributed by atoms with Gasteiger partial charge >= 0.3 is 5.97 Å². The van der Waals surface area contributed by atoms with Crippen LogP contribution in [-0.4, -0.2) is 5.97 Å². The van der Waals surface area contributed by atoms with Gasteiger partial charge in [0.25, 0.3) is 0 Å². The molecule has 0 aliphatic carbocycles. The summed E-state index contributed by atoms with van der Waals surface area (Å²) in [5.41, 5.74) is 4.25. The first-order chi connectivity index (χ1) is 9.52. The van der Waals surface area contributed by atoms with Crippen LogP contribution < -0.4 is 4.74 Å². The molecule has 0 N–H and O–H groups in total. The monoisotopic (exact) mass is 286 g/mol. The van der Waals surface area contributed by atoms with Crippen LogP contribution in [0.4, 0.5) is 0 Å². The molecule has 0 unspecified atom stereocenters. The van der Waals surface area contributed by atoms with Gasteiger partial charge in [0.05, 0.1) is 0 Å². The number of hydrogen-bond acceptors (Lipinski definition) is 3. The average molecular weight is 286 g/mol. The summed E-state index contributed by atoms with van der Waals surface area (Å²) in [6.07, 6.45) is 1.00. The lowest BCUT2D eigenvalue weighted by Gasteiger charge is -2.14. The summed E-state index contributed by atoms with van der Waals surface area (Å²) < 4.78 is 5.32. The third-order valence-corrected chi connectivity index (χ3v) is 3.79. The topological polar surface area (TPSA) is 26.3 Å². The highest BCUT2D eigenvalue weighted by Gasteiger charge is 2.13. The van der Waals surface area contributed by atoms with Gasteiger partial charge in [-0.1, -0.05) is 31.2 Å². The Morgan fingerprint density at radius 3 is 2.35 bits per heavy atom. The lowest BCUT2D eigenvalue weighted by molar-refractivity contribution is -0.131. The van der Waals surface area contributed by atoms with E-state index in [1.165, 1.54) is 12.5 Å². The van der Waals surface area contributed by atoms with Crippen LogP contribution in [0.3, 0.4) is 0 Å². The predicted octanol–water partition coefficient (Wildman–Crippen LogP) is 4.44. The molecule has 0 amide bonds. The van der Waals surface area contributed by atoms with Crippen LogP contribution in [0.2, 0.25) is 0 Å². The first kappa shape index (κ1) is 14.7. The zero-order chi connectivity index (χ0) is 14.7. The number of rotatable bonds is 3. The largest absolute Gasteiger partial charge is 0.426 e. The van der Waals surface area contributed by atoms with Crippen molar-refractivity contribution in [2.75, 3.05) is 0 Å². The molecule has 20 heavy (non-hydrogen) atoms. The molecule has 0 aliphatic heterocycles. The molecule has 0 heterocycles. The minimum atomic E-state index is -0.317. The van der Waals surface area contributed by atoms with Crippen LogP contribution in [-0.2, 0) is 11.2 Å². The number of benzene rings is 2. The second kappa shape index (κ2) is 6.14. The van der Waals surface area contributed by atoms with Gasteiger partial charge in [-0.2, -0.15) is 0 Å². The van der Waals surface area contributed by atoms with E-state index >= 15 is 0 Å². The molecule has 0 radical (unpaired) electrons. The zero-order valence-corrected chi connectivity index (χ0v) is 12.8. The van der Waals surface area contributed by atoms with E-state index in [1.54, 1.807) is 6.07 Å². The van der Waals surface area contributed by atoms with Gasteiger partial charge in [-0.3, -0.25) is 4.79 Å². The number of hydrogen-bond donors (Lipinski definition) is 1.